The van der Waals surface area contributed by atoms with Crippen molar-refractivity contribution in [3.8, 4) is 0 Å². The second kappa shape index (κ2) is 7.98. The molecular formula is C19H24N4O2. The minimum atomic E-state index is -0.162. The van der Waals surface area contributed by atoms with Gasteiger partial charge in [-0.2, -0.15) is 0 Å². The third-order valence-corrected chi connectivity index (χ3v) is 4.23. The standard InChI is InChI=1S/C19H24N4O2/c1-22(2)16-5-3-4-15(12-16)14-21-19(24)18-13-17(6-7-20-18)23-8-10-25-11-9-23/h3-7,12-13H,8-11,14H2,1-2H3,(H,21,24). The van der Waals surface area contributed by atoms with Crippen LogP contribution in [-0.4, -0.2) is 51.3 Å². The summed E-state index contributed by atoms with van der Waals surface area (Å²) in [7, 11) is 4.00. The first-order valence-corrected chi connectivity index (χ1v) is 8.47. The van der Waals surface area contributed by atoms with Crippen molar-refractivity contribution in [1.82, 2.24) is 10.3 Å². The van der Waals surface area contributed by atoms with Gasteiger partial charge >= 0.3 is 0 Å². The summed E-state index contributed by atoms with van der Waals surface area (Å²) in [5, 5.41) is 2.95. The van der Waals surface area contributed by atoms with E-state index in [0.29, 0.717) is 25.5 Å². The minimum Gasteiger partial charge on any atom is -0.378 e. The maximum absolute atomic E-state index is 12.4. The van der Waals surface area contributed by atoms with Gasteiger partial charge in [0.05, 0.1) is 13.2 Å². The number of carbonyl (C=O) groups is 1. The lowest BCUT2D eigenvalue weighted by Gasteiger charge is -2.28. The van der Waals surface area contributed by atoms with Gasteiger partial charge in [0.25, 0.3) is 5.91 Å². The molecule has 0 aliphatic carbocycles. The first-order chi connectivity index (χ1) is 12.1. The van der Waals surface area contributed by atoms with Crippen LogP contribution in [0.5, 0.6) is 0 Å². The Morgan fingerprint density at radius 1 is 1.24 bits per heavy atom. The molecule has 0 spiro atoms. The molecule has 0 radical (unpaired) electrons. The van der Waals surface area contributed by atoms with Crippen LogP contribution in [0, 0.1) is 0 Å². The molecule has 1 N–H and O–H groups in total. The maximum Gasteiger partial charge on any atom is 0.270 e. The minimum absolute atomic E-state index is 0.162. The highest BCUT2D eigenvalue weighted by atomic mass is 16.5. The number of aromatic nitrogens is 1. The van der Waals surface area contributed by atoms with Gasteiger partial charge in [-0.25, -0.2) is 0 Å². The molecule has 1 amide bonds. The summed E-state index contributed by atoms with van der Waals surface area (Å²) in [5.41, 5.74) is 3.62. The first-order valence-electron chi connectivity index (χ1n) is 8.47. The predicted molar refractivity (Wildman–Crippen MR) is 99.2 cm³/mol. The van der Waals surface area contributed by atoms with E-state index in [4.69, 9.17) is 4.74 Å². The molecule has 1 aliphatic rings. The summed E-state index contributed by atoms with van der Waals surface area (Å²) >= 11 is 0. The number of nitrogens with one attached hydrogen (secondary N) is 1. The molecule has 2 aromatic rings. The molecule has 1 saturated heterocycles. The third kappa shape index (κ3) is 4.48. The molecule has 0 saturated carbocycles. The molecule has 6 heteroatoms. The fourth-order valence-corrected chi connectivity index (χ4v) is 2.78. The number of rotatable bonds is 5. The van der Waals surface area contributed by atoms with Crippen molar-refractivity contribution in [2.24, 2.45) is 0 Å². The number of benzene rings is 1. The Morgan fingerprint density at radius 3 is 2.80 bits per heavy atom. The Kier molecular flexibility index (Phi) is 5.50. The van der Waals surface area contributed by atoms with E-state index in [1.54, 1.807) is 6.20 Å². The van der Waals surface area contributed by atoms with Gasteiger partial charge in [-0.05, 0) is 29.8 Å². The van der Waals surface area contributed by atoms with Gasteiger partial charge < -0.3 is 19.9 Å². The van der Waals surface area contributed by atoms with E-state index < -0.39 is 0 Å². The maximum atomic E-state index is 12.4. The van der Waals surface area contributed by atoms with E-state index >= 15 is 0 Å². The Labute approximate surface area is 148 Å². The quantitative estimate of drug-likeness (QED) is 0.901. The molecule has 6 nitrogen and oxygen atoms in total. The molecule has 1 aromatic heterocycles. The lowest BCUT2D eigenvalue weighted by molar-refractivity contribution is 0.0946. The van der Waals surface area contributed by atoms with E-state index in [-0.39, 0.29) is 5.91 Å². The number of hydrogen-bond acceptors (Lipinski definition) is 5. The van der Waals surface area contributed by atoms with E-state index in [1.165, 1.54) is 0 Å². The molecule has 1 aliphatic heterocycles. The zero-order valence-electron chi connectivity index (χ0n) is 14.7. The fourth-order valence-electron chi connectivity index (χ4n) is 2.78. The van der Waals surface area contributed by atoms with Gasteiger partial charge in [-0.3, -0.25) is 9.78 Å². The van der Waals surface area contributed by atoms with E-state index in [2.05, 4.69) is 21.3 Å². The van der Waals surface area contributed by atoms with Crippen LogP contribution in [0.3, 0.4) is 0 Å². The molecule has 132 valence electrons. The Bertz CT molecular complexity index is 727. The number of amides is 1. The zero-order chi connectivity index (χ0) is 17.6. The largest absolute Gasteiger partial charge is 0.378 e. The second-order valence-corrected chi connectivity index (χ2v) is 6.25. The molecule has 2 heterocycles. The van der Waals surface area contributed by atoms with Crippen LogP contribution in [-0.2, 0) is 11.3 Å². The Hall–Kier alpha value is -2.60. The van der Waals surface area contributed by atoms with Crippen molar-refractivity contribution < 1.29 is 9.53 Å². The SMILES string of the molecule is CN(C)c1cccc(CNC(=O)c2cc(N3CCOCC3)ccn2)c1. The highest BCUT2D eigenvalue weighted by molar-refractivity contribution is 5.93. The van der Waals surface area contributed by atoms with Crippen molar-refractivity contribution in [2.45, 2.75) is 6.54 Å². The molecule has 3 rings (SSSR count). The third-order valence-electron chi connectivity index (χ3n) is 4.23. The fraction of sp³-hybridized carbons (Fsp3) is 0.368. The lowest BCUT2D eigenvalue weighted by atomic mass is 10.2. The van der Waals surface area contributed by atoms with Crippen molar-refractivity contribution in [2.75, 3.05) is 50.2 Å². The molecule has 25 heavy (non-hydrogen) atoms. The first kappa shape index (κ1) is 17.2. The van der Waals surface area contributed by atoms with Crippen LogP contribution in [0.15, 0.2) is 42.6 Å². The van der Waals surface area contributed by atoms with Crippen molar-refractivity contribution in [3.05, 3.63) is 53.9 Å². The summed E-state index contributed by atoms with van der Waals surface area (Å²) in [5.74, 6) is -0.162. The summed E-state index contributed by atoms with van der Waals surface area (Å²) in [6, 6.07) is 11.9. The second-order valence-electron chi connectivity index (χ2n) is 6.25. The van der Waals surface area contributed by atoms with Crippen molar-refractivity contribution in [3.63, 3.8) is 0 Å². The average Bonchev–Trinajstić information content (AvgIpc) is 2.67. The molecule has 1 aromatic carbocycles. The van der Waals surface area contributed by atoms with E-state index in [9.17, 15) is 4.79 Å². The van der Waals surface area contributed by atoms with Crippen LogP contribution in [0.4, 0.5) is 11.4 Å². The Balaban J connectivity index is 1.64. The smallest absolute Gasteiger partial charge is 0.270 e. The number of hydrogen-bond donors (Lipinski definition) is 1. The molecule has 0 atom stereocenters. The normalized spacial score (nSPS) is 14.2. The number of anilines is 2. The van der Waals surface area contributed by atoms with E-state index in [0.717, 1.165) is 30.0 Å². The molecule has 0 unspecified atom stereocenters. The van der Waals surface area contributed by atoms with Crippen molar-refractivity contribution >= 4 is 17.3 Å². The van der Waals surface area contributed by atoms with Gasteiger partial charge in [-0.15, -0.1) is 0 Å². The number of pyridine rings is 1. The van der Waals surface area contributed by atoms with Crippen LogP contribution < -0.4 is 15.1 Å². The van der Waals surface area contributed by atoms with Gasteiger partial charge in [0.1, 0.15) is 5.69 Å². The zero-order valence-corrected chi connectivity index (χ0v) is 14.7. The highest BCUT2D eigenvalue weighted by Crippen LogP contribution is 2.16. The van der Waals surface area contributed by atoms with Crippen LogP contribution in [0.1, 0.15) is 16.1 Å². The monoisotopic (exact) mass is 340 g/mol. The lowest BCUT2D eigenvalue weighted by Crippen LogP contribution is -2.36. The topological polar surface area (TPSA) is 57.7 Å². The molecule has 0 bridgehead atoms. The summed E-state index contributed by atoms with van der Waals surface area (Å²) in [4.78, 5) is 20.9. The van der Waals surface area contributed by atoms with Crippen LogP contribution in [0.25, 0.3) is 0 Å². The van der Waals surface area contributed by atoms with Crippen LogP contribution >= 0.6 is 0 Å². The van der Waals surface area contributed by atoms with Crippen LogP contribution in [0.2, 0.25) is 0 Å². The summed E-state index contributed by atoms with van der Waals surface area (Å²) in [6.07, 6.45) is 1.69. The van der Waals surface area contributed by atoms with Gasteiger partial charge in [0.15, 0.2) is 0 Å². The molecular weight excluding hydrogens is 316 g/mol. The average molecular weight is 340 g/mol. The number of nitrogens with zero attached hydrogens (tertiary/aromatic N) is 3. The predicted octanol–water partition coefficient (Wildman–Crippen LogP) is 1.91. The number of carbonyl (C=O) groups excluding carboxylic acids is 1. The highest BCUT2D eigenvalue weighted by Gasteiger charge is 2.14. The summed E-state index contributed by atoms with van der Waals surface area (Å²) in [6.45, 7) is 3.58. The summed E-state index contributed by atoms with van der Waals surface area (Å²) < 4.78 is 5.37. The number of ether oxygens (including phenoxy) is 1. The Morgan fingerprint density at radius 2 is 2.04 bits per heavy atom. The number of morpholine rings is 1. The molecule has 1 fully saturated rings. The van der Waals surface area contributed by atoms with E-state index in [1.807, 2.05) is 49.3 Å². The van der Waals surface area contributed by atoms with Gasteiger partial charge in [0, 0.05) is 51.3 Å². The van der Waals surface area contributed by atoms with Crippen molar-refractivity contribution in [1.29, 1.82) is 0 Å². The van der Waals surface area contributed by atoms with Gasteiger partial charge in [0.2, 0.25) is 0 Å². The van der Waals surface area contributed by atoms with Gasteiger partial charge in [-0.1, -0.05) is 12.1 Å².